The molecule has 2 aromatic carbocycles. The van der Waals surface area contributed by atoms with Gasteiger partial charge in [-0.05, 0) is 42.5 Å². The molecule has 0 spiro atoms. The van der Waals surface area contributed by atoms with Gasteiger partial charge in [0.15, 0.2) is 0 Å². The lowest BCUT2D eigenvalue weighted by atomic mass is 10.2. The number of carbonyl (C=O) groups is 1. The molecule has 8 heteroatoms. The van der Waals surface area contributed by atoms with Gasteiger partial charge in [-0.1, -0.05) is 17.7 Å². The predicted molar refractivity (Wildman–Crippen MR) is 76.2 cm³/mol. The lowest BCUT2D eigenvalue weighted by molar-refractivity contribution is -0.137. The molecule has 0 heterocycles. The number of amides is 2. The van der Waals surface area contributed by atoms with Crippen LogP contribution < -0.4 is 10.4 Å². The molecule has 0 radical (unpaired) electrons. The zero-order valence-corrected chi connectivity index (χ0v) is 11.7. The number of anilines is 2. The van der Waals surface area contributed by atoms with E-state index >= 15 is 0 Å². The van der Waals surface area contributed by atoms with Crippen LogP contribution in [0, 0.1) is 0 Å². The molecular weight excluding hydrogens is 321 g/mol. The van der Waals surface area contributed by atoms with Crippen LogP contribution in [0.4, 0.5) is 29.3 Å². The minimum Gasteiger partial charge on any atom is -0.306 e. The highest BCUT2D eigenvalue weighted by Gasteiger charge is 2.31. The van der Waals surface area contributed by atoms with E-state index in [0.29, 0.717) is 16.8 Å². The summed E-state index contributed by atoms with van der Waals surface area (Å²) in [5, 5.41) is 12.6. The third kappa shape index (κ3) is 3.90. The molecular formula is C14H10ClF3N2O2. The van der Waals surface area contributed by atoms with Gasteiger partial charge in [0.1, 0.15) is 0 Å². The summed E-state index contributed by atoms with van der Waals surface area (Å²) in [6, 6.07) is 8.79. The van der Waals surface area contributed by atoms with Crippen molar-refractivity contribution < 1.29 is 23.2 Å². The van der Waals surface area contributed by atoms with Gasteiger partial charge in [-0.2, -0.15) is 18.2 Å². The van der Waals surface area contributed by atoms with Gasteiger partial charge in [-0.25, -0.2) is 4.79 Å². The first-order valence-corrected chi connectivity index (χ1v) is 6.38. The number of benzene rings is 2. The van der Waals surface area contributed by atoms with Crippen LogP contribution in [0.5, 0.6) is 0 Å². The second-order valence-corrected chi connectivity index (χ2v) is 4.73. The standard InChI is InChI=1S/C14H10ClF3N2O2/c15-10-4-6-11(7-5-10)19-13(21)20(22)12-3-1-2-9(8-12)14(16,17)18/h1-8,22H,(H,19,21). The second-order valence-electron chi connectivity index (χ2n) is 4.30. The molecule has 0 bridgehead atoms. The van der Waals surface area contributed by atoms with Crippen LogP contribution in [0.15, 0.2) is 48.5 Å². The van der Waals surface area contributed by atoms with Crippen molar-refractivity contribution in [2.24, 2.45) is 0 Å². The summed E-state index contributed by atoms with van der Waals surface area (Å²) in [6.45, 7) is 0. The highest BCUT2D eigenvalue weighted by atomic mass is 35.5. The maximum atomic E-state index is 12.6. The van der Waals surface area contributed by atoms with Crippen molar-refractivity contribution in [3.8, 4) is 0 Å². The van der Waals surface area contributed by atoms with E-state index in [1.54, 1.807) is 0 Å². The van der Waals surface area contributed by atoms with Crippen molar-refractivity contribution in [1.82, 2.24) is 0 Å². The molecule has 0 saturated carbocycles. The molecule has 0 aliphatic carbocycles. The average Bonchev–Trinajstić information content (AvgIpc) is 2.48. The van der Waals surface area contributed by atoms with Gasteiger partial charge in [0.2, 0.25) is 0 Å². The monoisotopic (exact) mass is 330 g/mol. The molecule has 0 unspecified atom stereocenters. The number of rotatable bonds is 2. The summed E-state index contributed by atoms with van der Waals surface area (Å²) < 4.78 is 37.8. The average molecular weight is 331 g/mol. The van der Waals surface area contributed by atoms with E-state index in [9.17, 15) is 23.2 Å². The van der Waals surface area contributed by atoms with Crippen LogP contribution >= 0.6 is 11.6 Å². The van der Waals surface area contributed by atoms with Crippen molar-refractivity contribution >= 4 is 29.0 Å². The van der Waals surface area contributed by atoms with Crippen LogP contribution in [0.1, 0.15) is 5.56 Å². The van der Waals surface area contributed by atoms with E-state index in [1.807, 2.05) is 0 Å². The maximum Gasteiger partial charge on any atom is 0.416 e. The number of carbonyl (C=O) groups excluding carboxylic acids is 1. The van der Waals surface area contributed by atoms with Gasteiger partial charge in [0.25, 0.3) is 0 Å². The SMILES string of the molecule is O=C(Nc1ccc(Cl)cc1)N(O)c1cccc(C(F)(F)F)c1. The van der Waals surface area contributed by atoms with E-state index in [1.165, 1.54) is 30.3 Å². The van der Waals surface area contributed by atoms with Crippen molar-refractivity contribution in [2.45, 2.75) is 6.18 Å². The molecule has 4 nitrogen and oxygen atoms in total. The normalized spacial score (nSPS) is 11.1. The number of urea groups is 1. The molecule has 0 atom stereocenters. The van der Waals surface area contributed by atoms with Crippen LogP contribution in [0.3, 0.4) is 0 Å². The molecule has 22 heavy (non-hydrogen) atoms. The summed E-state index contributed by atoms with van der Waals surface area (Å²) in [7, 11) is 0. The summed E-state index contributed by atoms with van der Waals surface area (Å²) in [5.74, 6) is 0. The van der Waals surface area contributed by atoms with Crippen molar-refractivity contribution in [2.75, 3.05) is 10.4 Å². The van der Waals surface area contributed by atoms with Crippen molar-refractivity contribution in [1.29, 1.82) is 0 Å². The Balaban J connectivity index is 2.15. The van der Waals surface area contributed by atoms with Gasteiger partial charge in [0.05, 0.1) is 11.3 Å². The second kappa shape index (κ2) is 6.25. The molecule has 0 aromatic heterocycles. The minimum atomic E-state index is -4.57. The number of hydrogen-bond acceptors (Lipinski definition) is 2. The molecule has 2 rings (SSSR count). The van der Waals surface area contributed by atoms with Crippen molar-refractivity contribution in [3.05, 3.63) is 59.1 Å². The van der Waals surface area contributed by atoms with Gasteiger partial charge < -0.3 is 5.32 Å². The van der Waals surface area contributed by atoms with Gasteiger partial charge >= 0.3 is 12.2 Å². The Labute approximate surface area is 128 Å². The lowest BCUT2D eigenvalue weighted by Gasteiger charge is -2.17. The fraction of sp³-hybridized carbons (Fsp3) is 0.0714. The Morgan fingerprint density at radius 1 is 1.14 bits per heavy atom. The Morgan fingerprint density at radius 3 is 2.36 bits per heavy atom. The molecule has 116 valence electrons. The first-order valence-electron chi connectivity index (χ1n) is 6.00. The number of hydrogen-bond donors (Lipinski definition) is 2. The number of hydroxylamine groups is 1. The number of nitrogens with zero attached hydrogens (tertiary/aromatic N) is 1. The minimum absolute atomic E-state index is 0.101. The molecule has 2 aromatic rings. The van der Waals surface area contributed by atoms with E-state index in [4.69, 9.17) is 11.6 Å². The van der Waals surface area contributed by atoms with E-state index in [-0.39, 0.29) is 10.8 Å². The van der Waals surface area contributed by atoms with Gasteiger partial charge in [-0.3, -0.25) is 5.21 Å². The Morgan fingerprint density at radius 2 is 1.77 bits per heavy atom. The molecule has 0 fully saturated rings. The zero-order valence-electron chi connectivity index (χ0n) is 10.9. The van der Waals surface area contributed by atoms with Gasteiger partial charge in [0, 0.05) is 10.7 Å². The summed E-state index contributed by atoms with van der Waals surface area (Å²) in [6.07, 6.45) is -4.57. The first-order chi connectivity index (χ1) is 10.3. The highest BCUT2D eigenvalue weighted by molar-refractivity contribution is 6.30. The summed E-state index contributed by atoms with van der Waals surface area (Å²) in [4.78, 5) is 11.8. The Hall–Kier alpha value is -2.25. The Bertz CT molecular complexity index is 675. The molecule has 2 N–H and O–H groups in total. The van der Waals surface area contributed by atoms with Crippen LogP contribution in [-0.4, -0.2) is 11.2 Å². The number of nitrogens with one attached hydrogen (secondary N) is 1. The Kier molecular flexibility index (Phi) is 4.58. The number of halogens is 4. The van der Waals surface area contributed by atoms with E-state index in [2.05, 4.69) is 5.32 Å². The van der Waals surface area contributed by atoms with Crippen molar-refractivity contribution in [3.63, 3.8) is 0 Å². The first kappa shape index (κ1) is 16.1. The zero-order chi connectivity index (χ0) is 16.3. The molecule has 0 aliphatic rings. The third-order valence-corrected chi connectivity index (χ3v) is 2.96. The highest BCUT2D eigenvalue weighted by Crippen LogP contribution is 2.31. The molecule has 0 saturated heterocycles. The third-order valence-electron chi connectivity index (χ3n) is 2.71. The lowest BCUT2D eigenvalue weighted by Crippen LogP contribution is -2.32. The fourth-order valence-corrected chi connectivity index (χ4v) is 1.77. The fourth-order valence-electron chi connectivity index (χ4n) is 1.64. The predicted octanol–water partition coefficient (Wildman–Crippen LogP) is 4.79. The topological polar surface area (TPSA) is 52.6 Å². The van der Waals surface area contributed by atoms with Crippen LogP contribution in [-0.2, 0) is 6.18 Å². The number of alkyl halides is 3. The van der Waals surface area contributed by atoms with Crippen LogP contribution in [0.2, 0.25) is 5.02 Å². The smallest absolute Gasteiger partial charge is 0.306 e. The van der Waals surface area contributed by atoms with Crippen LogP contribution in [0.25, 0.3) is 0 Å². The molecule has 2 amide bonds. The molecule has 0 aliphatic heterocycles. The maximum absolute atomic E-state index is 12.6. The summed E-state index contributed by atoms with van der Waals surface area (Å²) in [5.41, 5.74) is -0.940. The van der Waals surface area contributed by atoms with E-state index in [0.717, 1.165) is 12.1 Å². The van der Waals surface area contributed by atoms with E-state index < -0.39 is 17.8 Å². The summed E-state index contributed by atoms with van der Waals surface area (Å²) >= 11 is 5.69. The van der Waals surface area contributed by atoms with Gasteiger partial charge in [-0.15, -0.1) is 0 Å². The quantitative estimate of drug-likeness (QED) is 0.614. The largest absolute Gasteiger partial charge is 0.416 e.